The van der Waals surface area contributed by atoms with Crippen LogP contribution in [0.15, 0.2) is 34.7 Å². The molecule has 3 aromatic rings. The molecule has 34 heavy (non-hydrogen) atoms. The molecule has 0 spiro atoms. The van der Waals surface area contributed by atoms with E-state index < -0.39 is 0 Å². The lowest BCUT2D eigenvalue weighted by Crippen LogP contribution is -2.20. The van der Waals surface area contributed by atoms with Gasteiger partial charge in [-0.2, -0.15) is 10.5 Å². The fourth-order valence-corrected chi connectivity index (χ4v) is 6.58. The Balaban J connectivity index is 1.56. The number of nitrogens with two attached hydrogens (primary N) is 1. The van der Waals surface area contributed by atoms with Crippen molar-refractivity contribution >= 4 is 52.6 Å². The summed E-state index contributed by atoms with van der Waals surface area (Å²) < 4.78 is 5.69. The minimum absolute atomic E-state index is 0.0893. The first-order chi connectivity index (χ1) is 16.5. The molecule has 0 unspecified atom stereocenters. The molecule has 1 aliphatic carbocycles. The van der Waals surface area contributed by atoms with Crippen LogP contribution in [0.5, 0.6) is 0 Å². The van der Waals surface area contributed by atoms with Crippen LogP contribution in [-0.4, -0.2) is 22.3 Å². The number of hydrogen-bond acceptors (Lipinski definition) is 9. The van der Waals surface area contributed by atoms with Gasteiger partial charge in [-0.1, -0.05) is 35.5 Å². The lowest BCUT2D eigenvalue weighted by molar-refractivity contribution is 0.175. The van der Waals surface area contributed by atoms with Gasteiger partial charge in [0.1, 0.15) is 28.0 Å². The Morgan fingerprint density at radius 3 is 2.47 bits per heavy atom. The van der Waals surface area contributed by atoms with E-state index in [0.717, 1.165) is 47.5 Å². The maximum Gasteiger partial charge on any atom is 0.143 e. The van der Waals surface area contributed by atoms with Crippen molar-refractivity contribution in [2.45, 2.75) is 48.5 Å². The maximum atomic E-state index is 10.0. The number of thiazole rings is 1. The van der Waals surface area contributed by atoms with Crippen molar-refractivity contribution < 1.29 is 4.18 Å². The second kappa shape index (κ2) is 11.4. The van der Waals surface area contributed by atoms with Gasteiger partial charge >= 0.3 is 0 Å². The number of rotatable bonds is 7. The molecule has 0 radical (unpaired) electrons. The number of halogens is 1. The van der Waals surface area contributed by atoms with Gasteiger partial charge in [-0.15, -0.1) is 11.3 Å². The molecule has 4 rings (SSSR count). The normalized spacial score (nSPS) is 17.8. The highest BCUT2D eigenvalue weighted by Crippen LogP contribution is 2.41. The lowest BCUT2D eigenvalue weighted by Gasteiger charge is -2.29. The Bertz CT molecular complexity index is 1240. The number of aromatic nitrogens is 2. The number of nitrogens with zero attached hydrogens (tertiary/aromatic N) is 4. The van der Waals surface area contributed by atoms with Gasteiger partial charge in [0.05, 0.1) is 22.9 Å². The number of thioether (sulfide) groups is 1. The zero-order chi connectivity index (χ0) is 24.1. The summed E-state index contributed by atoms with van der Waals surface area (Å²) in [5, 5.41) is 24.0. The highest BCUT2D eigenvalue weighted by atomic mass is 35.5. The Labute approximate surface area is 216 Å². The van der Waals surface area contributed by atoms with Crippen molar-refractivity contribution in [1.82, 2.24) is 9.97 Å². The van der Waals surface area contributed by atoms with Gasteiger partial charge in [0.2, 0.25) is 0 Å². The van der Waals surface area contributed by atoms with E-state index >= 15 is 0 Å². The minimum atomic E-state index is 0.0893. The summed E-state index contributed by atoms with van der Waals surface area (Å²) in [4.78, 5) is 9.15. The molecule has 0 atom stereocenters. The summed E-state index contributed by atoms with van der Waals surface area (Å²) in [5.41, 5.74) is 9.61. The molecule has 10 heteroatoms. The molecule has 1 aliphatic rings. The second-order valence-corrected chi connectivity index (χ2v) is 10.6. The van der Waals surface area contributed by atoms with Crippen LogP contribution >= 0.6 is 46.7 Å². The third-order valence-electron chi connectivity index (χ3n) is 5.77. The van der Waals surface area contributed by atoms with Crippen LogP contribution < -0.4 is 5.73 Å². The van der Waals surface area contributed by atoms with Gasteiger partial charge in [0.15, 0.2) is 0 Å². The SMILES string of the molecule is CSO[C@H]1CC[C@@H](c2c(C#N)c(N)nc(SCc3csc(-c4ccc(Cl)cc4)n3)c2C#N)CC1. The van der Waals surface area contributed by atoms with E-state index in [1.165, 1.54) is 23.8 Å². The average Bonchev–Trinajstić information content (AvgIpc) is 3.32. The Hall–Kier alpha value is -2.27. The molecule has 0 bridgehead atoms. The molecule has 1 aromatic carbocycles. The van der Waals surface area contributed by atoms with Crippen LogP contribution in [0.4, 0.5) is 5.82 Å². The van der Waals surface area contributed by atoms with Crippen molar-refractivity contribution in [3.63, 3.8) is 0 Å². The third-order valence-corrected chi connectivity index (χ3v) is 8.43. The Morgan fingerprint density at radius 2 is 1.82 bits per heavy atom. The van der Waals surface area contributed by atoms with Crippen molar-refractivity contribution in [2.75, 3.05) is 12.0 Å². The number of hydrogen-bond donors (Lipinski definition) is 1. The van der Waals surface area contributed by atoms with E-state index in [1.807, 2.05) is 35.9 Å². The molecule has 0 amide bonds. The number of nitriles is 2. The molecule has 174 valence electrons. The van der Waals surface area contributed by atoms with E-state index in [2.05, 4.69) is 17.1 Å². The third kappa shape index (κ3) is 5.51. The molecule has 2 aromatic heterocycles. The van der Waals surface area contributed by atoms with Gasteiger partial charge < -0.3 is 9.92 Å². The predicted molar refractivity (Wildman–Crippen MR) is 140 cm³/mol. The first-order valence-electron chi connectivity index (χ1n) is 10.7. The van der Waals surface area contributed by atoms with Crippen LogP contribution in [0, 0.1) is 22.7 Å². The van der Waals surface area contributed by atoms with Crippen LogP contribution in [0.2, 0.25) is 5.02 Å². The molecule has 1 fully saturated rings. The fraction of sp³-hybridized carbons (Fsp3) is 0.333. The molecule has 6 nitrogen and oxygen atoms in total. The molecular weight excluding hydrogens is 506 g/mol. The first-order valence-corrected chi connectivity index (χ1v) is 14.1. The molecular formula is C24H22ClN5OS3. The maximum absolute atomic E-state index is 10.0. The zero-order valence-corrected chi connectivity index (χ0v) is 21.7. The predicted octanol–water partition coefficient (Wildman–Crippen LogP) is 6.80. The zero-order valence-electron chi connectivity index (χ0n) is 18.5. The van der Waals surface area contributed by atoms with Gasteiger partial charge in [-0.05, 0) is 61.3 Å². The van der Waals surface area contributed by atoms with Gasteiger partial charge in [-0.25, -0.2) is 9.97 Å². The molecule has 0 aliphatic heterocycles. The highest BCUT2D eigenvalue weighted by Gasteiger charge is 2.30. The van der Waals surface area contributed by atoms with Crippen molar-refractivity contribution in [2.24, 2.45) is 0 Å². The van der Waals surface area contributed by atoms with Crippen LogP contribution in [0.1, 0.15) is 54.0 Å². The quantitative estimate of drug-likeness (QED) is 0.264. The van der Waals surface area contributed by atoms with E-state index in [0.29, 0.717) is 26.9 Å². The summed E-state index contributed by atoms with van der Waals surface area (Å²) in [6.45, 7) is 0. The van der Waals surface area contributed by atoms with Crippen molar-refractivity contribution in [1.29, 1.82) is 10.5 Å². The summed E-state index contributed by atoms with van der Waals surface area (Å²) in [6.07, 6.45) is 5.59. The number of anilines is 1. The highest BCUT2D eigenvalue weighted by molar-refractivity contribution is 7.98. The Morgan fingerprint density at radius 1 is 1.12 bits per heavy atom. The number of benzene rings is 1. The monoisotopic (exact) mass is 527 g/mol. The summed E-state index contributed by atoms with van der Waals surface area (Å²) in [5.74, 6) is 0.818. The van der Waals surface area contributed by atoms with Crippen LogP contribution in [0.3, 0.4) is 0 Å². The van der Waals surface area contributed by atoms with Gasteiger partial charge in [0.25, 0.3) is 0 Å². The molecule has 0 saturated heterocycles. The van der Waals surface area contributed by atoms with Crippen LogP contribution in [0.25, 0.3) is 10.6 Å². The van der Waals surface area contributed by atoms with Gasteiger partial charge in [0, 0.05) is 28.0 Å². The smallest absolute Gasteiger partial charge is 0.143 e. The van der Waals surface area contributed by atoms with Gasteiger partial charge in [-0.3, -0.25) is 0 Å². The summed E-state index contributed by atoms with van der Waals surface area (Å²) in [6, 6.07) is 12.1. The summed E-state index contributed by atoms with van der Waals surface area (Å²) >= 11 is 10.4. The van der Waals surface area contributed by atoms with E-state index in [9.17, 15) is 10.5 Å². The molecule has 2 N–H and O–H groups in total. The number of pyridine rings is 1. The van der Waals surface area contributed by atoms with E-state index in [1.54, 1.807) is 11.3 Å². The fourth-order valence-electron chi connectivity index (χ4n) is 4.16. The minimum Gasteiger partial charge on any atom is -0.383 e. The summed E-state index contributed by atoms with van der Waals surface area (Å²) in [7, 11) is 0. The van der Waals surface area contributed by atoms with Crippen molar-refractivity contribution in [3.8, 4) is 22.7 Å². The standard InChI is InChI=1S/C24H22ClN5OS3/c1-32-31-18-8-4-14(5-9-18)21-19(10-26)22(28)30-24(20(21)11-27)34-13-17-12-33-23(29-17)15-2-6-16(25)7-3-15/h2-3,6-7,12,14,18H,4-5,8-9,13H2,1H3,(H2,28,30)/t14-,18+. The lowest BCUT2D eigenvalue weighted by atomic mass is 9.79. The topological polar surface area (TPSA) is 109 Å². The van der Waals surface area contributed by atoms with Crippen LogP contribution in [-0.2, 0) is 9.94 Å². The molecule has 2 heterocycles. The molecule has 1 saturated carbocycles. The Kier molecular flexibility index (Phi) is 8.36. The largest absolute Gasteiger partial charge is 0.383 e. The van der Waals surface area contributed by atoms with Crippen molar-refractivity contribution in [3.05, 3.63) is 57.1 Å². The number of nitrogen functional groups attached to an aromatic ring is 1. The average molecular weight is 528 g/mol. The van der Waals surface area contributed by atoms with E-state index in [4.69, 9.17) is 26.5 Å². The van der Waals surface area contributed by atoms with E-state index in [-0.39, 0.29) is 17.8 Å². The second-order valence-electron chi connectivity index (χ2n) is 7.87. The first kappa shape index (κ1) is 24.8.